The van der Waals surface area contributed by atoms with Crippen molar-refractivity contribution in [3.05, 3.63) is 80.1 Å². The predicted octanol–water partition coefficient (Wildman–Crippen LogP) is 10.5. The summed E-state index contributed by atoms with van der Waals surface area (Å²) in [5.41, 5.74) is 3.39. The summed E-state index contributed by atoms with van der Waals surface area (Å²) in [4.78, 5) is 27.2. The van der Waals surface area contributed by atoms with Crippen LogP contribution >= 0.6 is 22.6 Å². The number of ether oxygens (including phenoxy) is 1. The number of aromatic nitrogens is 1. The molecule has 0 aliphatic carbocycles. The molecule has 1 atom stereocenters. The standard InChI is InChI=1S/C23H22IN2O3.3C4H9.Sn/c1-4-9-18(21(27)16-10-6-5-7-11-16)23(2,3)29-22(28)25-26-15-14-17-19(24)12-8-13-20(17)26;3*1-3-4-2;/h1,4-8,10-15,18H,9H2,2-3H3,(H,25,28);3*1,3-4H2,2H3;. The number of nitrogens with zero attached hydrogens (tertiary/aromatic N) is 1. The first-order valence-electron chi connectivity index (χ1n) is 15.7. The van der Waals surface area contributed by atoms with Crippen LogP contribution in [-0.4, -0.2) is 40.5 Å². The van der Waals surface area contributed by atoms with E-state index < -0.39 is 36.0 Å². The fourth-order valence-corrected chi connectivity index (χ4v) is 20.9. The van der Waals surface area contributed by atoms with Gasteiger partial charge in [0.25, 0.3) is 0 Å². The molecule has 5 nitrogen and oxygen atoms in total. The monoisotopic (exact) mass is 792 g/mol. The first kappa shape index (κ1) is 34.7. The number of benzene rings is 2. The molecule has 1 heterocycles. The van der Waals surface area contributed by atoms with Gasteiger partial charge in [0.15, 0.2) is 0 Å². The second-order valence-corrected chi connectivity index (χ2v) is 26.2. The predicted molar refractivity (Wildman–Crippen MR) is 187 cm³/mol. The molecular formula is C35H49IN2O3Sn. The first-order chi connectivity index (χ1) is 20.2. The second kappa shape index (κ2) is 16.9. The molecule has 1 unspecified atom stereocenters. The summed E-state index contributed by atoms with van der Waals surface area (Å²) >= 11 is -0.236. The first-order valence-corrected chi connectivity index (χ1v) is 24.5. The summed E-state index contributed by atoms with van der Waals surface area (Å²) in [6.45, 7) is 10.6. The van der Waals surface area contributed by atoms with Gasteiger partial charge < -0.3 is 0 Å². The Hall–Kier alpha value is -1.81. The Labute approximate surface area is 270 Å². The molecule has 0 bridgehead atoms. The van der Waals surface area contributed by atoms with E-state index in [-0.39, 0.29) is 5.78 Å². The van der Waals surface area contributed by atoms with E-state index in [0.717, 1.165) is 14.5 Å². The number of carbonyl (C=O) groups excluding carboxylic acids is 2. The van der Waals surface area contributed by atoms with Crippen LogP contribution in [0.25, 0.3) is 10.9 Å². The number of nitrogens with one attached hydrogen (secondary N) is 1. The Morgan fingerprint density at radius 3 is 2.14 bits per heavy atom. The van der Waals surface area contributed by atoms with Gasteiger partial charge in [-0.3, -0.25) is 0 Å². The summed E-state index contributed by atoms with van der Waals surface area (Å²) in [5.74, 6) is -0.493. The maximum atomic E-state index is 13.9. The number of hydrogen-bond donors (Lipinski definition) is 1. The van der Waals surface area contributed by atoms with E-state index in [1.165, 1.54) is 51.8 Å². The van der Waals surface area contributed by atoms with Gasteiger partial charge in [0, 0.05) is 0 Å². The van der Waals surface area contributed by atoms with Gasteiger partial charge in [-0.1, -0.05) is 0 Å². The SMILES string of the molecule is CCC[CH2][Sn](/[CH]=C/CC(C(=O)c1ccccc1)C(C)(C)OC(=O)Nn1ccc2c(I)cccc21)([CH2]CCC)[CH2]CCC. The molecule has 0 spiro atoms. The molecule has 3 aromatic rings. The van der Waals surface area contributed by atoms with Gasteiger partial charge >= 0.3 is 244 Å². The Morgan fingerprint density at radius 2 is 1.55 bits per heavy atom. The zero-order chi connectivity index (χ0) is 30.6. The van der Waals surface area contributed by atoms with Crippen LogP contribution in [0.3, 0.4) is 0 Å². The van der Waals surface area contributed by atoms with Crippen molar-refractivity contribution in [2.24, 2.45) is 5.92 Å². The summed E-state index contributed by atoms with van der Waals surface area (Å²) in [6.07, 6.45) is 11.7. The Bertz CT molecular complexity index is 1300. The average Bonchev–Trinajstić information content (AvgIpc) is 3.39. The number of Topliss-reactive ketones (excluding diaryl/α,β-unsaturated/α-hetero) is 1. The van der Waals surface area contributed by atoms with E-state index in [1.54, 1.807) is 4.68 Å². The van der Waals surface area contributed by atoms with Crippen molar-refractivity contribution in [3.63, 3.8) is 0 Å². The Morgan fingerprint density at radius 1 is 0.929 bits per heavy atom. The van der Waals surface area contributed by atoms with E-state index in [9.17, 15) is 9.59 Å². The molecule has 0 saturated carbocycles. The average molecular weight is 791 g/mol. The molecule has 0 aliphatic heterocycles. The van der Waals surface area contributed by atoms with Crippen LogP contribution in [0, 0.1) is 9.49 Å². The summed E-state index contributed by atoms with van der Waals surface area (Å²) in [7, 11) is 0. The Balaban J connectivity index is 1.86. The van der Waals surface area contributed by atoms with Gasteiger partial charge in [-0.2, -0.15) is 0 Å². The third kappa shape index (κ3) is 9.60. The Kier molecular flexibility index (Phi) is 13.9. The van der Waals surface area contributed by atoms with E-state index in [0.29, 0.717) is 12.0 Å². The number of amides is 1. The van der Waals surface area contributed by atoms with E-state index in [1.807, 2.05) is 74.6 Å². The molecule has 2 aromatic carbocycles. The number of ketones is 1. The van der Waals surface area contributed by atoms with Crippen LogP contribution in [0.15, 0.2) is 71.0 Å². The number of carbonyl (C=O) groups is 2. The fraction of sp³-hybridized carbons (Fsp3) is 0.486. The number of rotatable bonds is 17. The maximum absolute atomic E-state index is 13.9. The van der Waals surface area contributed by atoms with Crippen LogP contribution in [-0.2, 0) is 4.74 Å². The number of unbranched alkanes of at least 4 members (excludes halogenated alkanes) is 3. The van der Waals surface area contributed by atoms with E-state index in [4.69, 9.17) is 4.74 Å². The molecule has 1 amide bonds. The van der Waals surface area contributed by atoms with Crippen molar-refractivity contribution in [1.82, 2.24) is 4.68 Å². The van der Waals surface area contributed by atoms with Crippen molar-refractivity contribution in [2.75, 3.05) is 5.43 Å². The van der Waals surface area contributed by atoms with Crippen LogP contribution in [0.2, 0.25) is 13.3 Å². The number of fused-ring (bicyclic) bond motifs is 1. The van der Waals surface area contributed by atoms with E-state index >= 15 is 0 Å². The van der Waals surface area contributed by atoms with Crippen molar-refractivity contribution in [3.8, 4) is 0 Å². The second-order valence-electron chi connectivity index (χ2n) is 12.1. The minimum absolute atomic E-state index is 0.00972. The molecule has 228 valence electrons. The number of hydrogen-bond acceptors (Lipinski definition) is 3. The van der Waals surface area contributed by atoms with Crippen molar-refractivity contribution < 1.29 is 14.3 Å². The van der Waals surface area contributed by atoms with Gasteiger partial charge in [-0.25, -0.2) is 0 Å². The van der Waals surface area contributed by atoms with Gasteiger partial charge in [0.2, 0.25) is 0 Å². The van der Waals surface area contributed by atoms with Gasteiger partial charge in [0.05, 0.1) is 0 Å². The summed E-state index contributed by atoms with van der Waals surface area (Å²) in [5, 5.41) is 1.06. The quantitative estimate of drug-likeness (QED) is 0.0842. The molecule has 0 saturated heterocycles. The molecule has 1 N–H and O–H groups in total. The summed E-state index contributed by atoms with van der Waals surface area (Å²) in [6, 6.07) is 17.3. The third-order valence-electron chi connectivity index (χ3n) is 8.39. The zero-order valence-electron chi connectivity index (χ0n) is 26.1. The van der Waals surface area contributed by atoms with Crippen LogP contribution in [0.5, 0.6) is 0 Å². The van der Waals surface area contributed by atoms with E-state index in [2.05, 4.69) is 59.0 Å². The molecule has 0 radical (unpaired) electrons. The molecule has 0 aliphatic rings. The van der Waals surface area contributed by atoms with Gasteiger partial charge in [-0.05, 0) is 28.7 Å². The molecule has 1 aromatic heterocycles. The van der Waals surface area contributed by atoms with Crippen LogP contribution < -0.4 is 5.43 Å². The normalized spacial score (nSPS) is 13.0. The molecule has 42 heavy (non-hydrogen) atoms. The van der Waals surface area contributed by atoms with Crippen LogP contribution in [0.1, 0.15) is 89.9 Å². The molecule has 0 fully saturated rings. The van der Waals surface area contributed by atoms with Crippen molar-refractivity contribution in [1.29, 1.82) is 0 Å². The minimum atomic E-state index is -2.53. The third-order valence-corrected chi connectivity index (χ3v) is 23.6. The van der Waals surface area contributed by atoms with Crippen molar-refractivity contribution >= 4 is 63.7 Å². The van der Waals surface area contributed by atoms with Gasteiger partial charge in [0.1, 0.15) is 0 Å². The zero-order valence-corrected chi connectivity index (χ0v) is 31.1. The van der Waals surface area contributed by atoms with Crippen molar-refractivity contribution in [2.45, 2.75) is 98.5 Å². The fourth-order valence-electron chi connectivity index (χ4n) is 5.83. The van der Waals surface area contributed by atoms with Gasteiger partial charge in [-0.15, -0.1) is 0 Å². The topological polar surface area (TPSA) is 60.3 Å². The molecular weight excluding hydrogens is 742 g/mol. The summed E-state index contributed by atoms with van der Waals surface area (Å²) < 4.78 is 15.6. The molecule has 3 rings (SSSR count). The number of halogens is 1. The van der Waals surface area contributed by atoms with Crippen LogP contribution in [0.4, 0.5) is 4.79 Å². The number of allylic oxidation sites excluding steroid dienone is 1. The molecule has 7 heteroatoms.